The Morgan fingerprint density at radius 2 is 1.50 bits per heavy atom. The van der Waals surface area contributed by atoms with Crippen LogP contribution in [0.15, 0.2) is 0 Å². The molecule has 14 heteroatoms. The summed E-state index contributed by atoms with van der Waals surface area (Å²) in [5.41, 5.74) is -4.33. The van der Waals surface area contributed by atoms with Crippen molar-refractivity contribution in [2.45, 2.75) is 95.8 Å². The van der Waals surface area contributed by atoms with Crippen LogP contribution in [0.5, 0.6) is 0 Å². The maximum absolute atomic E-state index is 14.3. The number of halogens is 6. The van der Waals surface area contributed by atoms with Crippen molar-refractivity contribution < 1.29 is 50.6 Å². The fraction of sp³-hybridized carbons (Fsp3) is 0.885. The maximum atomic E-state index is 14.3. The molecule has 0 aromatic heterocycles. The molecular weight excluding hydrogens is 548 g/mol. The number of rotatable bonds is 2. The smallest absolute Gasteiger partial charge is 0.410 e. The molecule has 3 aliphatic heterocycles. The first-order chi connectivity index (χ1) is 18.3. The third-order valence-electron chi connectivity index (χ3n) is 9.10. The fourth-order valence-corrected chi connectivity index (χ4v) is 6.46. The summed E-state index contributed by atoms with van der Waals surface area (Å²) in [5.74, 6) is -3.92. The number of alkyl halides is 6. The van der Waals surface area contributed by atoms with Crippen LogP contribution in [0.25, 0.3) is 0 Å². The van der Waals surface area contributed by atoms with E-state index in [2.05, 4.69) is 0 Å². The minimum Gasteiger partial charge on any atom is -0.444 e. The third kappa shape index (κ3) is 5.61. The van der Waals surface area contributed by atoms with E-state index in [-0.39, 0.29) is 13.0 Å². The molecule has 4 aliphatic rings. The van der Waals surface area contributed by atoms with Crippen LogP contribution in [-0.2, 0) is 14.3 Å². The molecule has 228 valence electrons. The number of carbonyl (C=O) groups excluding carboxylic acids is 3. The fourth-order valence-electron chi connectivity index (χ4n) is 6.46. The number of hydrogen-bond acceptors (Lipinski definition) is 5. The lowest BCUT2D eigenvalue weighted by atomic mass is 9.61. The molecule has 40 heavy (non-hydrogen) atoms. The van der Waals surface area contributed by atoms with Gasteiger partial charge in [-0.25, -0.2) is 4.79 Å². The van der Waals surface area contributed by atoms with Gasteiger partial charge in [0.15, 0.2) is 0 Å². The van der Waals surface area contributed by atoms with Gasteiger partial charge in [-0.05, 0) is 52.9 Å². The van der Waals surface area contributed by atoms with E-state index < -0.39 is 110 Å². The number of likely N-dealkylation sites (tertiary alicyclic amines) is 3. The van der Waals surface area contributed by atoms with Crippen LogP contribution in [0.4, 0.5) is 31.1 Å². The number of nitrogens with zero attached hydrogens (tertiary/aromatic N) is 3. The molecule has 3 heterocycles. The highest BCUT2D eigenvalue weighted by Crippen LogP contribution is 2.51. The Bertz CT molecular complexity index is 998. The average Bonchev–Trinajstić information content (AvgIpc) is 3.31. The molecule has 4 rings (SSSR count). The van der Waals surface area contributed by atoms with Crippen LogP contribution >= 0.6 is 0 Å². The van der Waals surface area contributed by atoms with Crippen LogP contribution in [0.2, 0.25) is 0 Å². The molecule has 4 fully saturated rings. The molecule has 0 aromatic rings. The zero-order valence-electron chi connectivity index (χ0n) is 22.9. The van der Waals surface area contributed by atoms with E-state index in [4.69, 9.17) is 4.74 Å². The summed E-state index contributed by atoms with van der Waals surface area (Å²) in [4.78, 5) is 42.8. The molecule has 0 unspecified atom stereocenters. The first-order valence-electron chi connectivity index (χ1n) is 13.7. The SMILES string of the molecule is CC(C)(C)OC(=O)N1CC2(CCC2)[C@H](O)C[C@H]1C(=O)N1CCC(C(=O)N2CC[C@H](C(F)(F)F)C2)(C(F)(F)F)CC1. The van der Waals surface area contributed by atoms with Crippen LogP contribution in [0.1, 0.15) is 65.7 Å². The predicted octanol–water partition coefficient (Wildman–Crippen LogP) is 4.11. The number of amides is 3. The molecular formula is C26H37F6N3O5. The molecule has 0 radical (unpaired) electrons. The molecule has 1 saturated carbocycles. The second-order valence-corrected chi connectivity index (χ2v) is 12.8. The zero-order valence-corrected chi connectivity index (χ0v) is 22.9. The molecule has 0 aromatic carbocycles. The van der Waals surface area contributed by atoms with Gasteiger partial charge in [0.25, 0.3) is 0 Å². The molecule has 3 atom stereocenters. The summed E-state index contributed by atoms with van der Waals surface area (Å²) in [6, 6.07) is -1.16. The largest absolute Gasteiger partial charge is 0.444 e. The van der Waals surface area contributed by atoms with Gasteiger partial charge in [-0.2, -0.15) is 26.3 Å². The number of piperidine rings is 2. The highest BCUT2D eigenvalue weighted by atomic mass is 19.4. The topological polar surface area (TPSA) is 90.4 Å². The lowest BCUT2D eigenvalue weighted by Crippen LogP contribution is -2.65. The van der Waals surface area contributed by atoms with Crippen molar-refractivity contribution in [1.29, 1.82) is 0 Å². The summed E-state index contributed by atoms with van der Waals surface area (Å²) in [6.45, 7) is 2.87. The summed E-state index contributed by atoms with van der Waals surface area (Å²) >= 11 is 0. The Morgan fingerprint density at radius 3 is 1.95 bits per heavy atom. The summed E-state index contributed by atoms with van der Waals surface area (Å²) < 4.78 is 87.9. The van der Waals surface area contributed by atoms with Gasteiger partial charge in [-0.3, -0.25) is 14.5 Å². The standard InChI is InChI=1S/C26H37F6N3O5/c1-22(2,3)40-21(39)35-15-23(6-4-7-23)18(36)13-17(35)19(37)33-11-8-24(9-12-33,26(30,31)32)20(38)34-10-5-16(14-34)25(27,28)29/h16-18,36H,4-15H2,1-3H3/t16-,17-,18+/m0/s1. The zero-order chi connectivity index (χ0) is 29.9. The Labute approximate surface area is 229 Å². The minimum atomic E-state index is -5.03. The minimum absolute atomic E-state index is 0.0770. The van der Waals surface area contributed by atoms with Gasteiger partial charge >= 0.3 is 18.4 Å². The highest BCUT2D eigenvalue weighted by molar-refractivity contribution is 5.88. The maximum Gasteiger partial charge on any atom is 0.410 e. The summed E-state index contributed by atoms with van der Waals surface area (Å²) in [7, 11) is 0. The Hall–Kier alpha value is -2.25. The van der Waals surface area contributed by atoms with Crippen LogP contribution in [0.3, 0.4) is 0 Å². The lowest BCUT2D eigenvalue weighted by Gasteiger charge is -2.54. The number of carbonyl (C=O) groups is 3. The van der Waals surface area contributed by atoms with Crippen molar-refractivity contribution in [3.8, 4) is 0 Å². The van der Waals surface area contributed by atoms with Crippen LogP contribution < -0.4 is 0 Å². The number of aliphatic hydroxyl groups excluding tert-OH is 1. The van der Waals surface area contributed by atoms with E-state index >= 15 is 0 Å². The van der Waals surface area contributed by atoms with Crippen molar-refractivity contribution in [3.63, 3.8) is 0 Å². The average molecular weight is 586 g/mol. The normalized spacial score (nSPS) is 28.9. The van der Waals surface area contributed by atoms with E-state index in [1.807, 2.05) is 0 Å². The van der Waals surface area contributed by atoms with Gasteiger partial charge in [0.1, 0.15) is 17.1 Å². The molecule has 1 N–H and O–H groups in total. The first-order valence-corrected chi connectivity index (χ1v) is 13.7. The van der Waals surface area contributed by atoms with Crippen molar-refractivity contribution in [3.05, 3.63) is 0 Å². The van der Waals surface area contributed by atoms with Gasteiger partial charge in [0.05, 0.1) is 12.0 Å². The number of ether oxygens (including phenoxy) is 1. The van der Waals surface area contributed by atoms with E-state index in [0.717, 1.165) is 11.3 Å². The van der Waals surface area contributed by atoms with E-state index in [0.29, 0.717) is 17.7 Å². The van der Waals surface area contributed by atoms with E-state index in [1.165, 1.54) is 4.90 Å². The number of hydrogen-bond donors (Lipinski definition) is 1. The number of aliphatic hydroxyl groups is 1. The van der Waals surface area contributed by atoms with Crippen molar-refractivity contribution in [1.82, 2.24) is 14.7 Å². The summed E-state index contributed by atoms with van der Waals surface area (Å²) in [6.07, 6.45) is -11.3. The Morgan fingerprint density at radius 1 is 0.900 bits per heavy atom. The highest BCUT2D eigenvalue weighted by Gasteiger charge is 2.63. The monoisotopic (exact) mass is 585 g/mol. The second kappa shape index (κ2) is 10.2. The lowest BCUT2D eigenvalue weighted by molar-refractivity contribution is -0.238. The quantitative estimate of drug-likeness (QED) is 0.493. The molecule has 1 aliphatic carbocycles. The van der Waals surface area contributed by atoms with Crippen molar-refractivity contribution in [2.75, 3.05) is 32.7 Å². The van der Waals surface area contributed by atoms with Crippen LogP contribution in [0, 0.1) is 16.7 Å². The first kappa shape index (κ1) is 30.7. The van der Waals surface area contributed by atoms with Crippen LogP contribution in [-0.4, -0.2) is 101 Å². The molecule has 1 spiro atoms. The predicted molar refractivity (Wildman–Crippen MR) is 129 cm³/mol. The molecule has 0 bridgehead atoms. The molecule has 8 nitrogen and oxygen atoms in total. The van der Waals surface area contributed by atoms with Gasteiger partial charge in [-0.15, -0.1) is 0 Å². The van der Waals surface area contributed by atoms with Gasteiger partial charge in [-0.1, -0.05) is 6.42 Å². The van der Waals surface area contributed by atoms with Crippen molar-refractivity contribution >= 4 is 17.9 Å². The van der Waals surface area contributed by atoms with Gasteiger partial charge in [0.2, 0.25) is 11.8 Å². The molecule has 3 saturated heterocycles. The second-order valence-electron chi connectivity index (χ2n) is 12.8. The summed E-state index contributed by atoms with van der Waals surface area (Å²) in [5, 5.41) is 10.9. The van der Waals surface area contributed by atoms with Gasteiger partial charge in [0, 0.05) is 44.6 Å². The van der Waals surface area contributed by atoms with E-state index in [9.17, 15) is 45.8 Å². The Kier molecular flexibility index (Phi) is 7.85. The van der Waals surface area contributed by atoms with Crippen molar-refractivity contribution in [2.24, 2.45) is 16.7 Å². The van der Waals surface area contributed by atoms with E-state index in [1.54, 1.807) is 20.8 Å². The Balaban J connectivity index is 1.50. The molecule has 3 amide bonds. The van der Waals surface area contributed by atoms with Gasteiger partial charge < -0.3 is 19.6 Å². The third-order valence-corrected chi connectivity index (χ3v) is 9.10.